The van der Waals surface area contributed by atoms with Crippen molar-refractivity contribution in [1.29, 1.82) is 0 Å². The first kappa shape index (κ1) is 16.0. The molecule has 2 rings (SSSR count). The Morgan fingerprint density at radius 1 is 1.33 bits per heavy atom. The highest BCUT2D eigenvalue weighted by Crippen LogP contribution is 2.19. The Labute approximate surface area is 133 Å². The Kier molecular flexibility index (Phi) is 5.36. The number of aryl methyl sites for hydroxylation is 1. The van der Waals surface area contributed by atoms with Crippen LogP contribution in [0.15, 0.2) is 22.7 Å². The maximum atomic E-state index is 12.1. The molecule has 0 atom stereocenters. The number of benzene rings is 1. The van der Waals surface area contributed by atoms with E-state index in [1.165, 1.54) is 4.90 Å². The van der Waals surface area contributed by atoms with E-state index in [2.05, 4.69) is 21.2 Å². The van der Waals surface area contributed by atoms with Gasteiger partial charge in [-0.2, -0.15) is 0 Å². The van der Waals surface area contributed by atoms with Gasteiger partial charge < -0.3 is 15.1 Å². The first-order chi connectivity index (χ1) is 9.95. The zero-order valence-corrected chi connectivity index (χ0v) is 14.0. The lowest BCUT2D eigenvalue weighted by molar-refractivity contribution is -0.895. The van der Waals surface area contributed by atoms with Crippen molar-refractivity contribution in [1.82, 2.24) is 4.90 Å². The molecule has 1 saturated heterocycles. The molecule has 6 heteroatoms. The van der Waals surface area contributed by atoms with Gasteiger partial charge in [-0.05, 0) is 30.7 Å². The van der Waals surface area contributed by atoms with E-state index in [0.717, 1.165) is 41.9 Å². The lowest BCUT2D eigenvalue weighted by Crippen LogP contribution is -3.15. The predicted molar refractivity (Wildman–Crippen MR) is 85.3 cm³/mol. The normalized spacial score (nSPS) is 15.9. The number of hydrogen-bond donors (Lipinski definition) is 2. The second-order valence-corrected chi connectivity index (χ2v) is 6.30. The van der Waals surface area contributed by atoms with Gasteiger partial charge in [-0.1, -0.05) is 15.9 Å². The number of amides is 2. The van der Waals surface area contributed by atoms with Gasteiger partial charge in [0.2, 0.25) is 5.91 Å². The molecule has 0 spiro atoms. The standard InChI is InChI=1S/C15H20BrN3O2/c1-11-9-13(3-4-14(11)16)17-15(21)10-18-5-7-19(8-6-18)12(2)20/h3-4,9H,5-8,10H2,1-2H3,(H,17,21)/p+1. The molecule has 0 radical (unpaired) electrons. The predicted octanol–water partition coefficient (Wildman–Crippen LogP) is 0.443. The Balaban J connectivity index is 1.82. The highest BCUT2D eigenvalue weighted by molar-refractivity contribution is 9.10. The fraction of sp³-hybridized carbons (Fsp3) is 0.467. The van der Waals surface area contributed by atoms with E-state index in [0.29, 0.717) is 6.54 Å². The minimum atomic E-state index is 0.0167. The van der Waals surface area contributed by atoms with Crippen molar-refractivity contribution < 1.29 is 14.5 Å². The summed E-state index contributed by atoms with van der Waals surface area (Å²) in [7, 11) is 0. The number of quaternary nitrogens is 1. The third-order valence-corrected chi connectivity index (χ3v) is 4.66. The van der Waals surface area contributed by atoms with Gasteiger partial charge in [0.1, 0.15) is 0 Å². The lowest BCUT2D eigenvalue weighted by Gasteiger charge is -2.31. The summed E-state index contributed by atoms with van der Waals surface area (Å²) in [6.45, 7) is 7.14. The van der Waals surface area contributed by atoms with Crippen molar-refractivity contribution in [3.05, 3.63) is 28.2 Å². The van der Waals surface area contributed by atoms with E-state index in [4.69, 9.17) is 0 Å². The monoisotopic (exact) mass is 354 g/mol. The van der Waals surface area contributed by atoms with Crippen molar-refractivity contribution in [3.63, 3.8) is 0 Å². The summed E-state index contributed by atoms with van der Waals surface area (Å²) in [5.41, 5.74) is 1.91. The molecule has 1 fully saturated rings. The average molecular weight is 355 g/mol. The average Bonchev–Trinajstić information content (AvgIpc) is 2.43. The van der Waals surface area contributed by atoms with E-state index in [-0.39, 0.29) is 11.8 Å². The van der Waals surface area contributed by atoms with Crippen LogP contribution in [0.4, 0.5) is 5.69 Å². The molecule has 0 bridgehead atoms. The molecule has 1 aromatic carbocycles. The summed E-state index contributed by atoms with van der Waals surface area (Å²) in [4.78, 5) is 26.4. The largest absolute Gasteiger partial charge is 0.332 e. The van der Waals surface area contributed by atoms with E-state index >= 15 is 0 Å². The zero-order chi connectivity index (χ0) is 15.4. The number of carbonyl (C=O) groups excluding carboxylic acids is 2. The molecule has 1 aliphatic heterocycles. The number of carbonyl (C=O) groups is 2. The Morgan fingerprint density at radius 2 is 2.00 bits per heavy atom. The molecule has 0 unspecified atom stereocenters. The van der Waals surface area contributed by atoms with Gasteiger partial charge in [0.15, 0.2) is 6.54 Å². The highest BCUT2D eigenvalue weighted by Gasteiger charge is 2.23. The van der Waals surface area contributed by atoms with E-state index in [9.17, 15) is 9.59 Å². The van der Waals surface area contributed by atoms with Gasteiger partial charge in [-0.3, -0.25) is 9.59 Å². The number of nitrogens with one attached hydrogen (secondary N) is 2. The maximum absolute atomic E-state index is 12.1. The van der Waals surface area contributed by atoms with Crippen LogP contribution in [0, 0.1) is 6.92 Å². The topological polar surface area (TPSA) is 53.9 Å². The molecule has 5 nitrogen and oxygen atoms in total. The van der Waals surface area contributed by atoms with Gasteiger partial charge in [0.05, 0.1) is 26.2 Å². The van der Waals surface area contributed by atoms with Crippen molar-refractivity contribution in [2.45, 2.75) is 13.8 Å². The lowest BCUT2D eigenvalue weighted by atomic mass is 10.2. The molecule has 21 heavy (non-hydrogen) atoms. The molecule has 0 saturated carbocycles. The van der Waals surface area contributed by atoms with Crippen molar-refractivity contribution in [3.8, 4) is 0 Å². The van der Waals surface area contributed by atoms with Gasteiger partial charge in [0, 0.05) is 17.1 Å². The van der Waals surface area contributed by atoms with Gasteiger partial charge in [-0.25, -0.2) is 0 Å². The number of halogens is 1. The van der Waals surface area contributed by atoms with Crippen molar-refractivity contribution in [2.24, 2.45) is 0 Å². The number of hydrogen-bond acceptors (Lipinski definition) is 2. The van der Waals surface area contributed by atoms with Crippen LogP contribution in [0.2, 0.25) is 0 Å². The molecule has 1 aliphatic rings. The Bertz CT molecular complexity index is 540. The van der Waals surface area contributed by atoms with Crippen molar-refractivity contribution in [2.75, 3.05) is 38.0 Å². The van der Waals surface area contributed by atoms with Gasteiger partial charge >= 0.3 is 0 Å². The smallest absolute Gasteiger partial charge is 0.279 e. The van der Waals surface area contributed by atoms with E-state index in [1.54, 1.807) is 6.92 Å². The first-order valence-electron chi connectivity index (χ1n) is 7.11. The van der Waals surface area contributed by atoms with Crippen LogP contribution in [-0.4, -0.2) is 49.4 Å². The number of piperazine rings is 1. The van der Waals surface area contributed by atoms with Crippen LogP contribution >= 0.6 is 15.9 Å². The Morgan fingerprint density at radius 3 is 2.57 bits per heavy atom. The minimum absolute atomic E-state index is 0.0167. The summed E-state index contributed by atoms with van der Waals surface area (Å²) in [5.74, 6) is 0.131. The molecule has 1 aromatic rings. The van der Waals surface area contributed by atoms with Crippen LogP contribution in [0.3, 0.4) is 0 Å². The fourth-order valence-corrected chi connectivity index (χ4v) is 2.72. The van der Waals surface area contributed by atoms with E-state index in [1.807, 2.05) is 30.0 Å². The summed E-state index contributed by atoms with van der Waals surface area (Å²) < 4.78 is 1.03. The van der Waals surface area contributed by atoms with Crippen LogP contribution < -0.4 is 10.2 Å². The second-order valence-electron chi connectivity index (χ2n) is 5.44. The molecular formula is C15H21BrN3O2+. The van der Waals surface area contributed by atoms with Crippen LogP contribution in [0.25, 0.3) is 0 Å². The third-order valence-electron chi connectivity index (χ3n) is 3.77. The molecule has 0 aliphatic carbocycles. The summed E-state index contributed by atoms with van der Waals surface area (Å²) in [5, 5.41) is 2.93. The Hall–Kier alpha value is -1.40. The molecule has 2 N–H and O–H groups in total. The maximum Gasteiger partial charge on any atom is 0.279 e. The van der Waals surface area contributed by atoms with Gasteiger partial charge in [0.25, 0.3) is 5.91 Å². The summed E-state index contributed by atoms with van der Waals surface area (Å²) in [6, 6.07) is 5.77. The third kappa shape index (κ3) is 4.54. The van der Waals surface area contributed by atoms with Crippen LogP contribution in [0.1, 0.15) is 12.5 Å². The first-order valence-corrected chi connectivity index (χ1v) is 7.90. The van der Waals surface area contributed by atoms with E-state index < -0.39 is 0 Å². The number of nitrogens with zero attached hydrogens (tertiary/aromatic N) is 1. The summed E-state index contributed by atoms with van der Waals surface area (Å²) >= 11 is 3.44. The highest BCUT2D eigenvalue weighted by atomic mass is 79.9. The van der Waals surface area contributed by atoms with Gasteiger partial charge in [-0.15, -0.1) is 0 Å². The molecule has 0 aromatic heterocycles. The zero-order valence-electron chi connectivity index (χ0n) is 12.4. The summed E-state index contributed by atoms with van der Waals surface area (Å²) in [6.07, 6.45) is 0. The number of rotatable bonds is 3. The minimum Gasteiger partial charge on any atom is -0.332 e. The molecule has 2 amide bonds. The van der Waals surface area contributed by atoms with Crippen LogP contribution in [-0.2, 0) is 9.59 Å². The quantitative estimate of drug-likeness (QED) is 0.827. The molecule has 114 valence electrons. The fourth-order valence-electron chi connectivity index (χ4n) is 2.47. The second kappa shape index (κ2) is 7.04. The van der Waals surface area contributed by atoms with Crippen molar-refractivity contribution >= 4 is 33.4 Å². The van der Waals surface area contributed by atoms with Crippen LogP contribution in [0.5, 0.6) is 0 Å². The molecule has 1 heterocycles. The SMILES string of the molecule is CC(=O)N1CC[NH+](CC(=O)Nc2ccc(Br)c(C)c2)CC1. The number of anilines is 1. The molecular weight excluding hydrogens is 334 g/mol.